The Morgan fingerprint density at radius 3 is 2.65 bits per heavy atom. The third-order valence-corrected chi connectivity index (χ3v) is 3.56. The molecule has 2 amide bonds. The van der Waals surface area contributed by atoms with Crippen molar-refractivity contribution in [2.24, 2.45) is 5.92 Å². The van der Waals surface area contributed by atoms with Crippen molar-refractivity contribution in [2.45, 2.75) is 52.0 Å². The van der Waals surface area contributed by atoms with Crippen LogP contribution in [0.3, 0.4) is 0 Å². The average molecular weight is 240 g/mol. The van der Waals surface area contributed by atoms with Crippen molar-refractivity contribution < 1.29 is 9.59 Å². The van der Waals surface area contributed by atoms with Crippen LogP contribution in [0.4, 0.5) is 0 Å². The number of carbonyl (C=O) groups is 2. The summed E-state index contributed by atoms with van der Waals surface area (Å²) in [5.74, 6) is 0.230. The Hall–Kier alpha value is -1.06. The Bertz CT molecular complexity index is 279. The van der Waals surface area contributed by atoms with E-state index in [-0.39, 0.29) is 23.8 Å². The van der Waals surface area contributed by atoms with Crippen LogP contribution in [0.25, 0.3) is 0 Å². The highest BCUT2D eigenvalue weighted by Gasteiger charge is 2.35. The first-order valence-electron chi connectivity index (χ1n) is 6.67. The van der Waals surface area contributed by atoms with E-state index in [1.54, 1.807) is 11.9 Å². The number of likely N-dealkylation sites (N-methyl/N-ethyl adjacent to an activating group) is 1. The van der Waals surface area contributed by atoms with Crippen molar-refractivity contribution in [3.8, 4) is 0 Å². The molecule has 98 valence electrons. The van der Waals surface area contributed by atoms with Crippen LogP contribution in [0, 0.1) is 5.92 Å². The standard InChI is InChI=1S/C13H24N2O2/c1-4-7-10(5-2)13(17)15-9-6-8-11(15)12(16)14-3/h10-11H,4-9H2,1-3H3,(H,14,16)/t10?,11-/m0/s1. The Morgan fingerprint density at radius 1 is 1.41 bits per heavy atom. The number of nitrogens with one attached hydrogen (secondary N) is 1. The molecule has 0 aromatic carbocycles. The van der Waals surface area contributed by atoms with E-state index >= 15 is 0 Å². The second kappa shape index (κ2) is 6.62. The first-order valence-corrected chi connectivity index (χ1v) is 6.67. The minimum absolute atomic E-state index is 0.0257. The fraction of sp³-hybridized carbons (Fsp3) is 0.846. The first kappa shape index (κ1) is 14.0. The number of hydrogen-bond donors (Lipinski definition) is 1. The molecule has 1 aliphatic heterocycles. The van der Waals surface area contributed by atoms with E-state index in [1.807, 2.05) is 6.92 Å². The lowest BCUT2D eigenvalue weighted by molar-refractivity contribution is -0.141. The number of likely N-dealkylation sites (tertiary alicyclic amines) is 1. The molecule has 0 saturated carbocycles. The van der Waals surface area contributed by atoms with Crippen LogP contribution in [0.2, 0.25) is 0 Å². The van der Waals surface area contributed by atoms with Gasteiger partial charge in [-0.25, -0.2) is 0 Å². The van der Waals surface area contributed by atoms with Crippen LogP contribution >= 0.6 is 0 Å². The highest BCUT2D eigenvalue weighted by molar-refractivity contribution is 5.88. The summed E-state index contributed by atoms with van der Waals surface area (Å²) in [6, 6.07) is -0.238. The highest BCUT2D eigenvalue weighted by atomic mass is 16.2. The fourth-order valence-corrected chi connectivity index (χ4v) is 2.55. The minimum atomic E-state index is -0.238. The lowest BCUT2D eigenvalue weighted by atomic mass is 9.98. The third-order valence-electron chi connectivity index (χ3n) is 3.56. The zero-order valence-electron chi connectivity index (χ0n) is 11.2. The molecule has 0 spiro atoms. The van der Waals surface area contributed by atoms with Gasteiger partial charge in [-0.15, -0.1) is 0 Å². The van der Waals surface area contributed by atoms with Crippen molar-refractivity contribution in [1.82, 2.24) is 10.2 Å². The molecule has 0 aromatic rings. The molecule has 1 unspecified atom stereocenters. The van der Waals surface area contributed by atoms with Gasteiger partial charge in [0.05, 0.1) is 0 Å². The molecular formula is C13H24N2O2. The number of rotatable bonds is 5. The Kier molecular flexibility index (Phi) is 5.45. The number of nitrogens with zero attached hydrogens (tertiary/aromatic N) is 1. The van der Waals surface area contributed by atoms with Crippen molar-refractivity contribution in [2.75, 3.05) is 13.6 Å². The van der Waals surface area contributed by atoms with Crippen LogP contribution in [0.15, 0.2) is 0 Å². The summed E-state index contributed by atoms with van der Waals surface area (Å²) in [6.07, 6.45) is 4.54. The zero-order valence-corrected chi connectivity index (χ0v) is 11.2. The van der Waals surface area contributed by atoms with E-state index in [9.17, 15) is 9.59 Å². The summed E-state index contributed by atoms with van der Waals surface area (Å²) in [6.45, 7) is 4.87. The predicted octanol–water partition coefficient (Wildman–Crippen LogP) is 1.55. The van der Waals surface area contributed by atoms with Crippen molar-refractivity contribution in [3.05, 3.63) is 0 Å². The van der Waals surface area contributed by atoms with Gasteiger partial charge < -0.3 is 10.2 Å². The normalized spacial score (nSPS) is 21.4. The predicted molar refractivity (Wildman–Crippen MR) is 67.5 cm³/mol. The van der Waals surface area contributed by atoms with E-state index < -0.39 is 0 Å². The monoisotopic (exact) mass is 240 g/mol. The van der Waals surface area contributed by atoms with Gasteiger partial charge in [-0.05, 0) is 25.7 Å². The summed E-state index contributed by atoms with van der Waals surface area (Å²) in [7, 11) is 1.63. The van der Waals surface area contributed by atoms with Gasteiger partial charge in [0.15, 0.2) is 0 Å². The summed E-state index contributed by atoms with van der Waals surface area (Å²) < 4.78 is 0. The maximum Gasteiger partial charge on any atom is 0.242 e. The van der Waals surface area contributed by atoms with Crippen molar-refractivity contribution >= 4 is 11.8 Å². The van der Waals surface area contributed by atoms with Crippen LogP contribution in [-0.4, -0.2) is 36.3 Å². The SMILES string of the molecule is CCCC(CC)C(=O)N1CCC[C@H]1C(=O)NC. The molecule has 0 bridgehead atoms. The van der Waals surface area contributed by atoms with Gasteiger partial charge in [-0.3, -0.25) is 9.59 Å². The number of hydrogen-bond acceptors (Lipinski definition) is 2. The van der Waals surface area contributed by atoms with E-state index in [4.69, 9.17) is 0 Å². The van der Waals surface area contributed by atoms with Gasteiger partial charge in [0.25, 0.3) is 0 Å². The fourth-order valence-electron chi connectivity index (χ4n) is 2.55. The van der Waals surface area contributed by atoms with Gasteiger partial charge in [-0.2, -0.15) is 0 Å². The summed E-state index contributed by atoms with van der Waals surface area (Å²) in [5, 5.41) is 2.65. The summed E-state index contributed by atoms with van der Waals surface area (Å²) in [4.78, 5) is 25.8. The molecule has 4 nitrogen and oxygen atoms in total. The van der Waals surface area contributed by atoms with E-state index in [2.05, 4.69) is 12.2 Å². The van der Waals surface area contributed by atoms with Gasteiger partial charge >= 0.3 is 0 Å². The van der Waals surface area contributed by atoms with Gasteiger partial charge in [-0.1, -0.05) is 20.3 Å². The van der Waals surface area contributed by atoms with E-state index in [1.165, 1.54) is 0 Å². The summed E-state index contributed by atoms with van der Waals surface area (Å²) in [5.41, 5.74) is 0. The quantitative estimate of drug-likeness (QED) is 0.792. The van der Waals surface area contributed by atoms with Crippen LogP contribution in [0.5, 0.6) is 0 Å². The largest absolute Gasteiger partial charge is 0.357 e. The molecular weight excluding hydrogens is 216 g/mol. The summed E-state index contributed by atoms with van der Waals surface area (Å²) >= 11 is 0. The maximum atomic E-state index is 12.3. The zero-order chi connectivity index (χ0) is 12.8. The molecule has 1 rings (SSSR count). The average Bonchev–Trinajstić information content (AvgIpc) is 2.83. The maximum absolute atomic E-state index is 12.3. The minimum Gasteiger partial charge on any atom is -0.357 e. The topological polar surface area (TPSA) is 49.4 Å². The van der Waals surface area contributed by atoms with Crippen LogP contribution < -0.4 is 5.32 Å². The number of carbonyl (C=O) groups excluding carboxylic acids is 2. The Balaban J connectivity index is 2.69. The van der Waals surface area contributed by atoms with Crippen LogP contribution in [0.1, 0.15) is 46.0 Å². The molecule has 1 heterocycles. The number of amides is 2. The Labute approximate surface area is 104 Å². The molecule has 2 atom stereocenters. The molecule has 0 aliphatic carbocycles. The smallest absolute Gasteiger partial charge is 0.242 e. The van der Waals surface area contributed by atoms with Crippen molar-refractivity contribution in [3.63, 3.8) is 0 Å². The second-order valence-electron chi connectivity index (χ2n) is 4.70. The van der Waals surface area contributed by atoms with Gasteiger partial charge in [0.1, 0.15) is 6.04 Å². The van der Waals surface area contributed by atoms with E-state index in [0.717, 1.165) is 38.6 Å². The molecule has 1 N–H and O–H groups in total. The molecule has 0 radical (unpaired) electrons. The molecule has 1 aliphatic rings. The lowest BCUT2D eigenvalue weighted by Crippen LogP contribution is -2.47. The molecule has 4 heteroatoms. The first-order chi connectivity index (χ1) is 8.15. The molecule has 0 aromatic heterocycles. The van der Waals surface area contributed by atoms with Gasteiger partial charge in [0, 0.05) is 19.5 Å². The highest BCUT2D eigenvalue weighted by Crippen LogP contribution is 2.23. The lowest BCUT2D eigenvalue weighted by Gasteiger charge is -2.27. The van der Waals surface area contributed by atoms with E-state index in [0.29, 0.717) is 0 Å². The Morgan fingerprint density at radius 2 is 2.12 bits per heavy atom. The molecule has 1 saturated heterocycles. The van der Waals surface area contributed by atoms with Crippen molar-refractivity contribution in [1.29, 1.82) is 0 Å². The molecule has 1 fully saturated rings. The van der Waals surface area contributed by atoms with Crippen LogP contribution in [-0.2, 0) is 9.59 Å². The molecule has 17 heavy (non-hydrogen) atoms. The third kappa shape index (κ3) is 3.20. The second-order valence-corrected chi connectivity index (χ2v) is 4.70. The van der Waals surface area contributed by atoms with Gasteiger partial charge in [0.2, 0.25) is 11.8 Å².